The van der Waals surface area contributed by atoms with Crippen LogP contribution in [0.4, 0.5) is 5.69 Å². The maximum Gasteiger partial charge on any atom is 0.238 e. The van der Waals surface area contributed by atoms with Gasteiger partial charge in [-0.3, -0.25) is 9.69 Å². The number of fused-ring (bicyclic) bond motifs is 1. The fourth-order valence-corrected chi connectivity index (χ4v) is 4.16. The number of amides is 1. The first-order valence-corrected chi connectivity index (χ1v) is 10.3. The van der Waals surface area contributed by atoms with E-state index in [2.05, 4.69) is 57.4 Å². The number of hydrogen-bond donors (Lipinski definition) is 1. The molecule has 3 aromatic rings. The van der Waals surface area contributed by atoms with Crippen LogP contribution in [0.15, 0.2) is 77.8 Å². The smallest absolute Gasteiger partial charge is 0.238 e. The summed E-state index contributed by atoms with van der Waals surface area (Å²) >= 11 is 1.67. The number of carbonyl (C=O) groups excluding carboxylic acids is 1. The number of aromatic nitrogens is 1. The van der Waals surface area contributed by atoms with Crippen LogP contribution < -0.4 is 5.32 Å². The van der Waals surface area contributed by atoms with E-state index in [-0.39, 0.29) is 11.9 Å². The molecule has 0 saturated carbocycles. The van der Waals surface area contributed by atoms with Gasteiger partial charge in [0, 0.05) is 35.6 Å². The molecular weight excluding hydrogens is 354 g/mol. The largest absolute Gasteiger partial charge is 0.348 e. The fourth-order valence-electron chi connectivity index (χ4n) is 3.70. The Hall–Kier alpha value is -2.50. The highest BCUT2D eigenvalue weighted by atomic mass is 32.2. The zero-order valence-electron chi connectivity index (χ0n) is 15.3. The highest BCUT2D eigenvalue weighted by molar-refractivity contribution is 7.98. The fraction of sp³-hybridized carbons (Fsp3) is 0.227. The quantitative estimate of drug-likeness (QED) is 0.675. The summed E-state index contributed by atoms with van der Waals surface area (Å²) in [5, 5.41) is 3.05. The van der Waals surface area contributed by atoms with Crippen molar-refractivity contribution in [1.82, 2.24) is 9.47 Å². The number of carbonyl (C=O) groups is 1. The van der Waals surface area contributed by atoms with Gasteiger partial charge >= 0.3 is 0 Å². The van der Waals surface area contributed by atoms with E-state index in [1.807, 2.05) is 36.6 Å². The first-order chi connectivity index (χ1) is 13.2. The van der Waals surface area contributed by atoms with Crippen molar-refractivity contribution in [1.29, 1.82) is 0 Å². The number of anilines is 1. The summed E-state index contributed by atoms with van der Waals surface area (Å²) in [4.78, 5) is 16.1. The Morgan fingerprint density at radius 2 is 1.93 bits per heavy atom. The van der Waals surface area contributed by atoms with Crippen LogP contribution in [0.1, 0.15) is 17.3 Å². The lowest BCUT2D eigenvalue weighted by Gasteiger charge is -2.36. The maximum atomic E-state index is 12.7. The summed E-state index contributed by atoms with van der Waals surface area (Å²) < 4.78 is 2.29. The highest BCUT2D eigenvalue weighted by Crippen LogP contribution is 2.32. The van der Waals surface area contributed by atoms with E-state index >= 15 is 0 Å². The summed E-state index contributed by atoms with van der Waals surface area (Å²) in [6.07, 6.45) is 4.16. The molecule has 4 nitrogen and oxygen atoms in total. The Labute approximate surface area is 164 Å². The first-order valence-electron chi connectivity index (χ1n) is 9.12. The van der Waals surface area contributed by atoms with Gasteiger partial charge in [0.25, 0.3) is 0 Å². The molecule has 138 valence electrons. The monoisotopic (exact) mass is 377 g/mol. The maximum absolute atomic E-state index is 12.7. The minimum atomic E-state index is 0.0224. The molecule has 0 bridgehead atoms. The lowest BCUT2D eigenvalue weighted by Crippen LogP contribution is -2.42. The van der Waals surface area contributed by atoms with Crippen LogP contribution in [-0.4, -0.2) is 34.7 Å². The molecule has 0 aliphatic carbocycles. The molecule has 1 aliphatic rings. The predicted octanol–water partition coefficient (Wildman–Crippen LogP) is 4.25. The van der Waals surface area contributed by atoms with E-state index in [1.165, 1.54) is 11.3 Å². The molecule has 2 aromatic carbocycles. The van der Waals surface area contributed by atoms with E-state index in [9.17, 15) is 4.79 Å². The second-order valence-corrected chi connectivity index (χ2v) is 7.57. The number of rotatable bonds is 5. The molecule has 1 aromatic heterocycles. The van der Waals surface area contributed by atoms with Gasteiger partial charge < -0.3 is 9.88 Å². The van der Waals surface area contributed by atoms with Gasteiger partial charge in [0.05, 0.1) is 12.6 Å². The van der Waals surface area contributed by atoms with Crippen LogP contribution in [-0.2, 0) is 11.3 Å². The van der Waals surface area contributed by atoms with Crippen LogP contribution in [0.3, 0.4) is 0 Å². The average molecular weight is 378 g/mol. The molecule has 1 unspecified atom stereocenters. The predicted molar refractivity (Wildman–Crippen MR) is 111 cm³/mol. The lowest BCUT2D eigenvalue weighted by atomic mass is 10.00. The summed E-state index contributed by atoms with van der Waals surface area (Å²) in [6.45, 7) is 2.12. The second kappa shape index (κ2) is 8.03. The molecule has 0 radical (unpaired) electrons. The first kappa shape index (κ1) is 17.9. The molecule has 5 heteroatoms. The summed E-state index contributed by atoms with van der Waals surface area (Å²) in [6, 6.07) is 22.7. The second-order valence-electron chi connectivity index (χ2n) is 6.69. The lowest BCUT2D eigenvalue weighted by molar-refractivity contribution is -0.117. The Kier molecular flexibility index (Phi) is 5.32. The Balaban J connectivity index is 1.54. The number of thioether (sulfide) groups is 1. The summed E-state index contributed by atoms with van der Waals surface area (Å²) in [5.74, 6) is 0.0224. The summed E-state index contributed by atoms with van der Waals surface area (Å²) in [5.41, 5.74) is 3.31. The molecule has 1 atom stereocenters. The molecule has 2 heterocycles. The molecule has 1 N–H and O–H groups in total. The van der Waals surface area contributed by atoms with Gasteiger partial charge in [-0.2, -0.15) is 0 Å². The topological polar surface area (TPSA) is 37.3 Å². The Morgan fingerprint density at radius 3 is 2.74 bits per heavy atom. The standard InChI is InChI=1S/C22H23N3OS/c1-27-19-10-5-9-18(15-19)23-21(26)16-25-14-13-24-12-6-11-20(24)22(25)17-7-3-2-4-8-17/h2-12,15,22H,13-14,16H2,1H3,(H,23,26). The van der Waals surface area contributed by atoms with Crippen LogP contribution in [0.25, 0.3) is 0 Å². The van der Waals surface area contributed by atoms with Gasteiger partial charge in [0.1, 0.15) is 0 Å². The Morgan fingerprint density at radius 1 is 1.07 bits per heavy atom. The number of hydrogen-bond acceptors (Lipinski definition) is 3. The van der Waals surface area contributed by atoms with E-state index in [0.29, 0.717) is 6.54 Å². The van der Waals surface area contributed by atoms with Crippen LogP contribution >= 0.6 is 11.8 Å². The van der Waals surface area contributed by atoms with Crippen molar-refractivity contribution >= 4 is 23.4 Å². The number of nitrogens with zero attached hydrogens (tertiary/aromatic N) is 2. The minimum Gasteiger partial charge on any atom is -0.348 e. The normalized spacial score (nSPS) is 16.7. The third-order valence-electron chi connectivity index (χ3n) is 4.95. The average Bonchev–Trinajstić information content (AvgIpc) is 3.17. The summed E-state index contributed by atoms with van der Waals surface area (Å²) in [7, 11) is 0. The van der Waals surface area contributed by atoms with Gasteiger partial charge in [-0.25, -0.2) is 0 Å². The molecule has 0 spiro atoms. The van der Waals surface area contributed by atoms with E-state index in [1.54, 1.807) is 11.8 Å². The van der Waals surface area contributed by atoms with Gasteiger partial charge in [-0.1, -0.05) is 36.4 Å². The SMILES string of the molecule is CSc1cccc(NC(=O)CN2CCn3cccc3C2c2ccccc2)c1. The van der Waals surface area contributed by atoms with Gasteiger partial charge in [0.2, 0.25) is 5.91 Å². The van der Waals surface area contributed by atoms with Crippen molar-refractivity contribution < 1.29 is 4.79 Å². The molecular formula is C22H23N3OS. The van der Waals surface area contributed by atoms with Crippen molar-refractivity contribution in [2.24, 2.45) is 0 Å². The third-order valence-corrected chi connectivity index (χ3v) is 5.68. The zero-order chi connectivity index (χ0) is 18.6. The minimum absolute atomic E-state index is 0.0224. The third kappa shape index (κ3) is 3.94. The van der Waals surface area contributed by atoms with E-state index < -0.39 is 0 Å². The van der Waals surface area contributed by atoms with Crippen molar-refractivity contribution in [2.75, 3.05) is 24.7 Å². The molecule has 1 aliphatic heterocycles. The van der Waals surface area contributed by atoms with Crippen molar-refractivity contribution in [3.63, 3.8) is 0 Å². The van der Waals surface area contributed by atoms with Crippen LogP contribution in [0, 0.1) is 0 Å². The molecule has 27 heavy (non-hydrogen) atoms. The van der Waals surface area contributed by atoms with Crippen molar-refractivity contribution in [3.05, 3.63) is 84.2 Å². The Bertz CT molecular complexity index is 922. The van der Waals surface area contributed by atoms with Gasteiger partial charge in [-0.05, 0) is 42.2 Å². The van der Waals surface area contributed by atoms with E-state index in [4.69, 9.17) is 0 Å². The van der Waals surface area contributed by atoms with Crippen molar-refractivity contribution in [2.45, 2.75) is 17.5 Å². The molecule has 0 fully saturated rings. The number of benzene rings is 2. The van der Waals surface area contributed by atoms with Crippen LogP contribution in [0.2, 0.25) is 0 Å². The number of nitrogens with one attached hydrogen (secondary N) is 1. The van der Waals surface area contributed by atoms with Crippen molar-refractivity contribution in [3.8, 4) is 0 Å². The zero-order valence-corrected chi connectivity index (χ0v) is 16.2. The van der Waals surface area contributed by atoms with Crippen LogP contribution in [0.5, 0.6) is 0 Å². The van der Waals surface area contributed by atoms with E-state index in [0.717, 1.165) is 23.7 Å². The van der Waals surface area contributed by atoms with Gasteiger partial charge in [0.15, 0.2) is 0 Å². The highest BCUT2D eigenvalue weighted by Gasteiger charge is 2.29. The molecule has 0 saturated heterocycles. The van der Waals surface area contributed by atoms with Gasteiger partial charge in [-0.15, -0.1) is 11.8 Å². The molecule has 4 rings (SSSR count). The molecule has 1 amide bonds.